The molecule has 0 unspecified atom stereocenters. The van der Waals surface area contributed by atoms with Gasteiger partial charge in [-0.25, -0.2) is 0 Å². The summed E-state index contributed by atoms with van der Waals surface area (Å²) in [6.45, 7) is 2.77. The Morgan fingerprint density at radius 2 is 1.79 bits per heavy atom. The van der Waals surface area contributed by atoms with Crippen LogP contribution in [0.1, 0.15) is 12.5 Å². The van der Waals surface area contributed by atoms with Crippen LogP contribution in [0.5, 0.6) is 0 Å². The van der Waals surface area contributed by atoms with E-state index in [0.29, 0.717) is 19.5 Å². The standard InChI is InChI=1S/C14H20N2O2S/c1-11(19-2)14(18)16-9-8-15-13(17)10-12-6-4-3-5-7-12/h3-7,11H,8-10H2,1-2H3,(H,15,17)(H,16,18)/t11-/m1/s1. The molecule has 0 bridgehead atoms. The smallest absolute Gasteiger partial charge is 0.232 e. The van der Waals surface area contributed by atoms with Crippen molar-refractivity contribution in [3.05, 3.63) is 35.9 Å². The number of carbonyl (C=O) groups is 2. The van der Waals surface area contributed by atoms with Crippen molar-refractivity contribution in [2.24, 2.45) is 0 Å². The van der Waals surface area contributed by atoms with Crippen LogP contribution in [-0.2, 0) is 16.0 Å². The molecule has 0 saturated heterocycles. The van der Waals surface area contributed by atoms with Gasteiger partial charge in [-0.3, -0.25) is 9.59 Å². The Balaban J connectivity index is 2.16. The van der Waals surface area contributed by atoms with E-state index in [-0.39, 0.29) is 17.1 Å². The van der Waals surface area contributed by atoms with Crippen LogP contribution in [0.2, 0.25) is 0 Å². The average molecular weight is 280 g/mol. The largest absolute Gasteiger partial charge is 0.354 e. The molecule has 0 radical (unpaired) electrons. The molecular formula is C14H20N2O2S. The number of benzene rings is 1. The molecule has 1 aromatic rings. The van der Waals surface area contributed by atoms with Gasteiger partial charge in [-0.2, -0.15) is 11.8 Å². The van der Waals surface area contributed by atoms with Gasteiger partial charge >= 0.3 is 0 Å². The van der Waals surface area contributed by atoms with Crippen molar-refractivity contribution in [1.29, 1.82) is 0 Å². The Morgan fingerprint density at radius 1 is 1.16 bits per heavy atom. The van der Waals surface area contributed by atoms with Crippen molar-refractivity contribution >= 4 is 23.6 Å². The van der Waals surface area contributed by atoms with Crippen LogP contribution in [0.4, 0.5) is 0 Å². The van der Waals surface area contributed by atoms with Gasteiger partial charge in [0.25, 0.3) is 0 Å². The minimum Gasteiger partial charge on any atom is -0.354 e. The lowest BCUT2D eigenvalue weighted by Gasteiger charge is -2.10. The minimum atomic E-state index is -0.0555. The predicted molar refractivity (Wildman–Crippen MR) is 79.1 cm³/mol. The van der Waals surface area contributed by atoms with Gasteiger partial charge in [0.15, 0.2) is 0 Å². The lowest BCUT2D eigenvalue weighted by atomic mass is 10.1. The van der Waals surface area contributed by atoms with Crippen molar-refractivity contribution in [1.82, 2.24) is 10.6 Å². The Kier molecular flexibility index (Phi) is 7.03. The highest BCUT2D eigenvalue weighted by Crippen LogP contribution is 2.03. The molecule has 5 heteroatoms. The molecule has 2 N–H and O–H groups in total. The topological polar surface area (TPSA) is 58.2 Å². The number of hydrogen-bond acceptors (Lipinski definition) is 3. The van der Waals surface area contributed by atoms with Crippen molar-refractivity contribution < 1.29 is 9.59 Å². The fraction of sp³-hybridized carbons (Fsp3) is 0.429. The van der Waals surface area contributed by atoms with E-state index in [1.165, 1.54) is 11.8 Å². The Morgan fingerprint density at radius 3 is 2.42 bits per heavy atom. The quantitative estimate of drug-likeness (QED) is 0.738. The highest BCUT2D eigenvalue weighted by molar-refractivity contribution is 7.99. The Labute approximate surface area is 118 Å². The van der Waals surface area contributed by atoms with Crippen molar-refractivity contribution in [3.8, 4) is 0 Å². The Bertz CT molecular complexity index is 409. The van der Waals surface area contributed by atoms with Crippen molar-refractivity contribution in [3.63, 3.8) is 0 Å². The third kappa shape index (κ3) is 6.29. The van der Waals surface area contributed by atoms with Gasteiger partial charge in [-0.15, -0.1) is 0 Å². The molecule has 2 amide bonds. The number of thioether (sulfide) groups is 1. The number of hydrogen-bond donors (Lipinski definition) is 2. The minimum absolute atomic E-state index is 0.00445. The maximum atomic E-state index is 11.6. The fourth-order valence-corrected chi connectivity index (χ4v) is 1.78. The van der Waals surface area contributed by atoms with Gasteiger partial charge in [0.05, 0.1) is 11.7 Å². The molecule has 0 aromatic heterocycles. The lowest BCUT2D eigenvalue weighted by molar-refractivity contribution is -0.122. The summed E-state index contributed by atoms with van der Waals surface area (Å²) in [5, 5.41) is 5.51. The molecule has 1 aromatic carbocycles. The molecule has 0 aliphatic heterocycles. The molecule has 0 saturated carbocycles. The molecule has 19 heavy (non-hydrogen) atoms. The van der Waals surface area contributed by atoms with Gasteiger partial charge < -0.3 is 10.6 Å². The molecule has 0 aliphatic carbocycles. The molecular weight excluding hydrogens is 260 g/mol. The number of rotatable bonds is 7. The summed E-state index contributed by atoms with van der Waals surface area (Å²) in [5.41, 5.74) is 0.986. The molecule has 1 atom stereocenters. The van der Waals surface area contributed by atoms with E-state index in [9.17, 15) is 9.59 Å². The van der Waals surface area contributed by atoms with Crippen LogP contribution >= 0.6 is 11.8 Å². The average Bonchev–Trinajstić information content (AvgIpc) is 2.43. The van der Waals surface area contributed by atoms with Crippen LogP contribution in [-0.4, -0.2) is 36.4 Å². The van der Waals surface area contributed by atoms with Crippen molar-refractivity contribution in [2.45, 2.75) is 18.6 Å². The van der Waals surface area contributed by atoms with E-state index in [1.807, 2.05) is 43.5 Å². The molecule has 4 nitrogen and oxygen atoms in total. The van der Waals surface area contributed by atoms with Crippen LogP contribution in [0.3, 0.4) is 0 Å². The molecule has 0 aliphatic rings. The maximum absolute atomic E-state index is 11.6. The van der Waals surface area contributed by atoms with E-state index >= 15 is 0 Å². The first-order chi connectivity index (χ1) is 9.13. The zero-order valence-electron chi connectivity index (χ0n) is 11.3. The summed E-state index contributed by atoms with van der Waals surface area (Å²) in [6.07, 6.45) is 2.27. The predicted octanol–water partition coefficient (Wildman–Crippen LogP) is 1.21. The lowest BCUT2D eigenvalue weighted by Crippen LogP contribution is -2.38. The van der Waals surface area contributed by atoms with E-state index in [2.05, 4.69) is 10.6 Å². The summed E-state index contributed by atoms with van der Waals surface area (Å²) >= 11 is 1.50. The van der Waals surface area contributed by atoms with Crippen LogP contribution in [0.25, 0.3) is 0 Å². The van der Waals surface area contributed by atoms with Crippen LogP contribution < -0.4 is 10.6 Å². The van der Waals surface area contributed by atoms with Gasteiger partial charge in [0, 0.05) is 13.1 Å². The summed E-state index contributed by atoms with van der Waals surface area (Å²) < 4.78 is 0. The maximum Gasteiger partial charge on any atom is 0.232 e. The fourth-order valence-electron chi connectivity index (χ4n) is 1.48. The molecule has 0 fully saturated rings. The van der Waals surface area contributed by atoms with Gasteiger partial charge in [0.2, 0.25) is 11.8 Å². The second-order valence-electron chi connectivity index (χ2n) is 4.18. The van der Waals surface area contributed by atoms with Crippen molar-refractivity contribution in [2.75, 3.05) is 19.3 Å². The van der Waals surface area contributed by atoms with Crippen LogP contribution in [0, 0.1) is 0 Å². The summed E-state index contributed by atoms with van der Waals surface area (Å²) in [5.74, 6) is -0.0248. The molecule has 0 spiro atoms. The normalized spacial score (nSPS) is 11.7. The summed E-state index contributed by atoms with van der Waals surface area (Å²) in [6, 6.07) is 9.58. The number of amides is 2. The van der Waals surface area contributed by atoms with E-state index in [4.69, 9.17) is 0 Å². The van der Waals surface area contributed by atoms with Gasteiger partial charge in [-0.1, -0.05) is 30.3 Å². The van der Waals surface area contributed by atoms with E-state index in [0.717, 1.165) is 5.56 Å². The van der Waals surface area contributed by atoms with E-state index in [1.54, 1.807) is 0 Å². The molecule has 0 heterocycles. The monoisotopic (exact) mass is 280 g/mol. The number of carbonyl (C=O) groups excluding carboxylic acids is 2. The Hall–Kier alpha value is -1.49. The highest BCUT2D eigenvalue weighted by Gasteiger charge is 2.09. The zero-order valence-corrected chi connectivity index (χ0v) is 12.1. The van der Waals surface area contributed by atoms with Crippen LogP contribution in [0.15, 0.2) is 30.3 Å². The van der Waals surface area contributed by atoms with Gasteiger partial charge in [-0.05, 0) is 18.7 Å². The first kappa shape index (κ1) is 15.6. The highest BCUT2D eigenvalue weighted by atomic mass is 32.2. The van der Waals surface area contributed by atoms with E-state index < -0.39 is 0 Å². The second-order valence-corrected chi connectivity index (χ2v) is 5.36. The summed E-state index contributed by atoms with van der Waals surface area (Å²) in [4.78, 5) is 23.1. The molecule has 104 valence electrons. The zero-order chi connectivity index (χ0) is 14.1. The first-order valence-corrected chi connectivity index (χ1v) is 7.53. The third-order valence-corrected chi connectivity index (χ3v) is 3.60. The second kappa shape index (κ2) is 8.58. The molecule has 1 rings (SSSR count). The SMILES string of the molecule is CS[C@H](C)C(=O)NCCNC(=O)Cc1ccccc1. The first-order valence-electron chi connectivity index (χ1n) is 6.24. The third-order valence-electron chi connectivity index (χ3n) is 2.68. The number of nitrogens with one attached hydrogen (secondary N) is 2. The summed E-state index contributed by atoms with van der Waals surface area (Å²) in [7, 11) is 0. The van der Waals surface area contributed by atoms with Gasteiger partial charge in [0.1, 0.15) is 0 Å².